The van der Waals surface area contributed by atoms with Crippen molar-refractivity contribution in [3.8, 4) is 0 Å². The summed E-state index contributed by atoms with van der Waals surface area (Å²) in [4.78, 5) is 11.7. The number of aromatic amines is 1. The molecule has 0 radical (unpaired) electrons. The summed E-state index contributed by atoms with van der Waals surface area (Å²) in [6, 6.07) is -0.325. The summed E-state index contributed by atoms with van der Waals surface area (Å²) < 4.78 is 1.42. The average molecular weight is 251 g/mol. The van der Waals surface area contributed by atoms with Gasteiger partial charge in [0, 0.05) is 6.54 Å². The smallest absolute Gasteiger partial charge is 0.242 e. The third-order valence-corrected chi connectivity index (χ3v) is 2.23. The molecule has 0 saturated heterocycles. The van der Waals surface area contributed by atoms with Crippen LogP contribution in [0, 0.1) is 0 Å². The molecule has 10 nitrogen and oxygen atoms in total. The van der Waals surface area contributed by atoms with Crippen LogP contribution in [0.1, 0.15) is 24.5 Å². The summed E-state index contributed by atoms with van der Waals surface area (Å²) in [5.41, 5.74) is 6.03. The lowest BCUT2D eigenvalue weighted by Crippen LogP contribution is -2.30. The molecular weight excluding hydrogens is 238 g/mol. The van der Waals surface area contributed by atoms with Crippen LogP contribution in [0.2, 0.25) is 0 Å². The van der Waals surface area contributed by atoms with Gasteiger partial charge in [0.15, 0.2) is 5.82 Å². The summed E-state index contributed by atoms with van der Waals surface area (Å²) in [5, 5.41) is 23.6. The Labute approximate surface area is 102 Å². The van der Waals surface area contributed by atoms with Crippen LogP contribution >= 0.6 is 0 Å². The van der Waals surface area contributed by atoms with Crippen molar-refractivity contribution in [2.75, 3.05) is 0 Å². The standard InChI is InChI=1S/C8H13N9O/c1-5(8-12-14-15-13-8)10-7(18)4-17-3-6(2-9)11-16-17/h3,5H,2,4,9H2,1H3,(H,10,18)(H,12,13,14,15). The van der Waals surface area contributed by atoms with Gasteiger partial charge in [0.1, 0.15) is 6.54 Å². The molecule has 2 aromatic rings. The second kappa shape index (κ2) is 5.31. The number of hydrogen-bond donors (Lipinski definition) is 3. The van der Waals surface area contributed by atoms with E-state index < -0.39 is 0 Å². The van der Waals surface area contributed by atoms with E-state index in [2.05, 4.69) is 36.3 Å². The zero-order valence-corrected chi connectivity index (χ0v) is 9.74. The first-order valence-corrected chi connectivity index (χ1v) is 5.31. The van der Waals surface area contributed by atoms with Gasteiger partial charge in [-0.3, -0.25) is 4.79 Å². The molecule has 4 N–H and O–H groups in total. The highest BCUT2D eigenvalue weighted by Crippen LogP contribution is 2.02. The first kappa shape index (κ1) is 12.1. The molecule has 2 aromatic heterocycles. The SMILES string of the molecule is CC(NC(=O)Cn1cc(CN)nn1)c1nn[nH]n1. The molecule has 0 fully saturated rings. The Bertz CT molecular complexity index is 504. The highest BCUT2D eigenvalue weighted by atomic mass is 16.2. The molecular formula is C8H13N9O. The number of carbonyl (C=O) groups is 1. The molecule has 0 bridgehead atoms. The molecule has 0 aliphatic carbocycles. The van der Waals surface area contributed by atoms with Crippen molar-refractivity contribution in [2.45, 2.75) is 26.1 Å². The molecule has 0 aliphatic rings. The topological polar surface area (TPSA) is 140 Å². The monoisotopic (exact) mass is 251 g/mol. The van der Waals surface area contributed by atoms with Crippen LogP contribution in [-0.2, 0) is 17.9 Å². The highest BCUT2D eigenvalue weighted by Gasteiger charge is 2.14. The maximum atomic E-state index is 11.7. The quantitative estimate of drug-likeness (QED) is 0.565. The number of nitrogens with zero attached hydrogens (tertiary/aromatic N) is 6. The van der Waals surface area contributed by atoms with Gasteiger partial charge in [-0.1, -0.05) is 10.4 Å². The van der Waals surface area contributed by atoms with Gasteiger partial charge in [-0.25, -0.2) is 4.68 Å². The molecule has 1 atom stereocenters. The van der Waals surface area contributed by atoms with Crippen molar-refractivity contribution < 1.29 is 4.79 Å². The molecule has 0 aromatic carbocycles. The highest BCUT2D eigenvalue weighted by molar-refractivity contribution is 5.75. The normalized spacial score (nSPS) is 12.3. The Morgan fingerprint density at radius 2 is 2.44 bits per heavy atom. The van der Waals surface area contributed by atoms with E-state index >= 15 is 0 Å². The van der Waals surface area contributed by atoms with Crippen LogP contribution in [0.25, 0.3) is 0 Å². The van der Waals surface area contributed by atoms with E-state index in [0.717, 1.165) is 0 Å². The van der Waals surface area contributed by atoms with Crippen LogP contribution in [0.5, 0.6) is 0 Å². The van der Waals surface area contributed by atoms with Gasteiger partial charge in [-0.15, -0.1) is 15.3 Å². The van der Waals surface area contributed by atoms with Crippen molar-refractivity contribution in [1.29, 1.82) is 0 Å². The van der Waals surface area contributed by atoms with Crippen LogP contribution < -0.4 is 11.1 Å². The first-order valence-electron chi connectivity index (χ1n) is 5.31. The maximum absolute atomic E-state index is 11.7. The van der Waals surface area contributed by atoms with Gasteiger partial charge in [-0.05, 0) is 6.92 Å². The second-order valence-electron chi connectivity index (χ2n) is 3.67. The average Bonchev–Trinajstić information content (AvgIpc) is 2.98. The number of amides is 1. The summed E-state index contributed by atoms with van der Waals surface area (Å²) in [7, 11) is 0. The molecule has 2 rings (SSSR count). The number of hydrogen-bond acceptors (Lipinski definition) is 7. The lowest BCUT2D eigenvalue weighted by Gasteiger charge is -2.09. The number of nitrogens with one attached hydrogen (secondary N) is 2. The summed E-state index contributed by atoms with van der Waals surface area (Å²) in [5.74, 6) is 0.199. The lowest BCUT2D eigenvalue weighted by atomic mass is 10.3. The van der Waals surface area contributed by atoms with Gasteiger partial charge >= 0.3 is 0 Å². The van der Waals surface area contributed by atoms with E-state index in [0.29, 0.717) is 18.1 Å². The fourth-order valence-electron chi connectivity index (χ4n) is 1.36. The number of rotatable bonds is 5. The lowest BCUT2D eigenvalue weighted by molar-refractivity contribution is -0.122. The van der Waals surface area contributed by atoms with Gasteiger partial charge in [0.25, 0.3) is 0 Å². The van der Waals surface area contributed by atoms with Crippen molar-refractivity contribution in [3.05, 3.63) is 17.7 Å². The van der Waals surface area contributed by atoms with Crippen LogP contribution in [0.3, 0.4) is 0 Å². The minimum Gasteiger partial charge on any atom is -0.345 e. The van der Waals surface area contributed by atoms with Crippen molar-refractivity contribution in [3.63, 3.8) is 0 Å². The number of tetrazole rings is 1. The second-order valence-corrected chi connectivity index (χ2v) is 3.67. The van der Waals surface area contributed by atoms with Crippen molar-refractivity contribution in [2.24, 2.45) is 5.73 Å². The van der Waals surface area contributed by atoms with Crippen molar-refractivity contribution >= 4 is 5.91 Å². The molecule has 96 valence electrons. The number of carbonyl (C=O) groups excluding carboxylic acids is 1. The van der Waals surface area contributed by atoms with Crippen molar-refractivity contribution in [1.82, 2.24) is 40.9 Å². The molecule has 0 spiro atoms. The fraction of sp³-hybridized carbons (Fsp3) is 0.500. The first-order chi connectivity index (χ1) is 8.69. The third kappa shape index (κ3) is 2.85. The molecule has 10 heteroatoms. The Kier molecular flexibility index (Phi) is 3.57. The summed E-state index contributed by atoms with van der Waals surface area (Å²) in [6.07, 6.45) is 1.62. The van der Waals surface area contributed by atoms with Gasteiger partial charge in [-0.2, -0.15) is 5.21 Å². The zero-order chi connectivity index (χ0) is 13.0. The Morgan fingerprint density at radius 1 is 1.61 bits per heavy atom. The predicted molar refractivity (Wildman–Crippen MR) is 58.6 cm³/mol. The van der Waals surface area contributed by atoms with Gasteiger partial charge in [0.05, 0.1) is 17.9 Å². The third-order valence-electron chi connectivity index (χ3n) is 2.23. The summed E-state index contributed by atoms with van der Waals surface area (Å²) >= 11 is 0. The molecule has 1 unspecified atom stereocenters. The minimum absolute atomic E-state index is 0.0647. The molecule has 2 heterocycles. The van der Waals surface area contributed by atoms with E-state index in [1.54, 1.807) is 13.1 Å². The van der Waals surface area contributed by atoms with E-state index in [-0.39, 0.29) is 18.5 Å². The molecule has 0 saturated carbocycles. The maximum Gasteiger partial charge on any atom is 0.242 e. The Balaban J connectivity index is 1.88. The van der Waals surface area contributed by atoms with E-state index in [4.69, 9.17) is 5.73 Å². The zero-order valence-electron chi connectivity index (χ0n) is 9.74. The van der Waals surface area contributed by atoms with E-state index in [1.807, 2.05) is 0 Å². The number of H-pyrrole nitrogens is 1. The van der Waals surface area contributed by atoms with Gasteiger partial charge in [0.2, 0.25) is 5.91 Å². The summed E-state index contributed by atoms with van der Waals surface area (Å²) in [6.45, 7) is 2.12. The van der Waals surface area contributed by atoms with E-state index in [9.17, 15) is 4.79 Å². The van der Waals surface area contributed by atoms with E-state index in [1.165, 1.54) is 4.68 Å². The van der Waals surface area contributed by atoms with Crippen LogP contribution in [-0.4, -0.2) is 41.5 Å². The number of aromatic nitrogens is 7. The molecule has 1 amide bonds. The minimum atomic E-state index is -0.325. The molecule has 18 heavy (non-hydrogen) atoms. The largest absolute Gasteiger partial charge is 0.345 e. The Hall–Kier alpha value is -2.36. The fourth-order valence-corrected chi connectivity index (χ4v) is 1.36. The predicted octanol–water partition coefficient (Wildman–Crippen LogP) is -1.87. The van der Waals surface area contributed by atoms with Gasteiger partial charge < -0.3 is 11.1 Å². The Morgan fingerprint density at radius 3 is 3.06 bits per heavy atom. The number of nitrogens with two attached hydrogens (primary N) is 1. The molecule has 0 aliphatic heterocycles. The van der Waals surface area contributed by atoms with Crippen LogP contribution in [0.15, 0.2) is 6.20 Å². The van der Waals surface area contributed by atoms with Crippen LogP contribution in [0.4, 0.5) is 0 Å².